The van der Waals surface area contributed by atoms with E-state index in [-0.39, 0.29) is 26.2 Å². The van der Waals surface area contributed by atoms with Crippen LogP contribution in [0.3, 0.4) is 0 Å². The second-order valence-corrected chi connectivity index (χ2v) is 21.0. The van der Waals surface area contributed by atoms with Crippen LogP contribution in [0.2, 0.25) is 39.3 Å². The number of guanidine groups is 1. The van der Waals surface area contributed by atoms with Crippen molar-refractivity contribution in [3.8, 4) is 0 Å². The molecule has 2 aliphatic carbocycles. The Kier molecular flexibility index (Phi) is 26.0. The van der Waals surface area contributed by atoms with Gasteiger partial charge in [0, 0.05) is 5.96 Å². The summed E-state index contributed by atoms with van der Waals surface area (Å²) in [6.07, 6.45) is 13.2. The van der Waals surface area contributed by atoms with Crippen molar-refractivity contribution >= 4 is 22.4 Å². The largest absolute Gasteiger partial charge is 4.00 e. The van der Waals surface area contributed by atoms with Gasteiger partial charge >= 0.3 is 26.2 Å². The maximum atomic E-state index is 4.91. The molecule has 2 fully saturated rings. The summed E-state index contributed by atoms with van der Waals surface area (Å²) in [5.74, 6) is 0.994. The minimum Gasteiger partial charge on any atom is -0.668 e. The summed E-state index contributed by atoms with van der Waals surface area (Å²) in [6, 6.07) is 1.06. The number of hydrogen-bond acceptors (Lipinski definition) is 1. The van der Waals surface area contributed by atoms with Gasteiger partial charge < -0.3 is 30.5 Å². The average Bonchev–Trinajstić information content (AvgIpc) is 2.68. The minimum atomic E-state index is -1.11. The normalized spacial score (nSPS) is 17.5. The van der Waals surface area contributed by atoms with E-state index in [1.165, 1.54) is 64.2 Å². The van der Waals surface area contributed by atoms with Crippen LogP contribution in [0.25, 0.3) is 20.6 Å². The van der Waals surface area contributed by atoms with E-state index in [4.69, 9.17) is 15.0 Å². The molecule has 2 rings (SSSR count). The number of rotatable bonds is 4. The Balaban J connectivity index is -0.000000507. The predicted octanol–water partition coefficient (Wildman–Crippen LogP) is 8.21. The van der Waals surface area contributed by atoms with Gasteiger partial charge in [-0.2, -0.15) is 28.2 Å². The van der Waals surface area contributed by atoms with E-state index < -0.39 is 16.5 Å². The Morgan fingerprint density at radius 3 is 1.32 bits per heavy atom. The molecule has 34 heavy (non-hydrogen) atoms. The molecule has 0 bridgehead atoms. The van der Waals surface area contributed by atoms with Crippen molar-refractivity contribution in [2.24, 2.45) is 4.99 Å². The first kappa shape index (κ1) is 39.0. The van der Waals surface area contributed by atoms with Crippen molar-refractivity contribution in [2.75, 3.05) is 42.3 Å². The van der Waals surface area contributed by atoms with Gasteiger partial charge in [-0.1, -0.05) is 94.3 Å². The predicted molar refractivity (Wildman–Crippen MR) is 159 cm³/mol. The van der Waals surface area contributed by atoms with Crippen LogP contribution >= 0.6 is 0 Å². The summed E-state index contributed by atoms with van der Waals surface area (Å²) in [4.78, 5) is 7.01. The molecule has 2 saturated carbocycles. The molecule has 6 nitrogen and oxygen atoms in total. The van der Waals surface area contributed by atoms with Crippen molar-refractivity contribution in [1.82, 2.24) is 4.90 Å². The van der Waals surface area contributed by atoms with Gasteiger partial charge in [0.15, 0.2) is 0 Å². The standard InChI is InChI=1S/C15H28N3.C6H18NSi2.2C2H6N.Zr/c1-18(2)15(16-13-9-5-3-6-10-13)17-14-11-7-4-8-12-14;1-8(2,3)7-9(4,5)6;2*1-3-2;/h13-14H,3-12H2,1-2H3;1-6H3;2*1-2H3;/q4*-1;+4. The summed E-state index contributed by atoms with van der Waals surface area (Å²) < 4.78 is 4.82. The van der Waals surface area contributed by atoms with E-state index in [0.717, 1.165) is 5.96 Å². The third-order valence-corrected chi connectivity index (χ3v) is 10.2. The molecule has 0 aliphatic heterocycles. The smallest absolute Gasteiger partial charge is 0.668 e. The third-order valence-electron chi connectivity index (χ3n) is 4.82. The van der Waals surface area contributed by atoms with Crippen LogP contribution in [0.5, 0.6) is 0 Å². The first-order chi connectivity index (χ1) is 15.3. The van der Waals surface area contributed by atoms with Gasteiger partial charge in [-0.3, -0.25) is 0 Å². The molecule has 0 aromatic carbocycles. The fourth-order valence-corrected chi connectivity index (χ4v) is 12.1. The van der Waals surface area contributed by atoms with E-state index >= 15 is 0 Å². The second kappa shape index (κ2) is 22.6. The van der Waals surface area contributed by atoms with E-state index in [1.807, 2.05) is 0 Å². The first-order valence-corrected chi connectivity index (χ1v) is 19.8. The van der Waals surface area contributed by atoms with Crippen LogP contribution in [0.15, 0.2) is 4.99 Å². The Bertz CT molecular complexity index is 453. The summed E-state index contributed by atoms with van der Waals surface area (Å²) in [5.41, 5.74) is 0. The zero-order valence-electron chi connectivity index (χ0n) is 24.9. The summed E-state index contributed by atoms with van der Waals surface area (Å²) in [5, 5.41) is 11.9. The van der Waals surface area contributed by atoms with Crippen LogP contribution in [-0.4, -0.2) is 81.7 Å². The molecule has 0 aromatic rings. The quantitative estimate of drug-likeness (QED) is 0.185. The SMILES string of the molecule is CN(C)C(=NC1CCCCC1)[N-]C1CCCCC1.C[N-]C.C[N-]C.C[Si](C)(C)[N-][Si](C)(C)C.[Zr+4]. The van der Waals surface area contributed by atoms with E-state index in [0.29, 0.717) is 12.1 Å². The first-order valence-electron chi connectivity index (χ1n) is 13.0. The number of aliphatic imine (C=N–C) groups is 1. The summed E-state index contributed by atoms with van der Waals surface area (Å²) in [7, 11) is 8.94. The number of nitrogens with zero attached hydrogens (tertiary/aromatic N) is 6. The molecule has 200 valence electrons. The topological polar surface area (TPSA) is 72.0 Å². The molecule has 0 unspecified atom stereocenters. The molecule has 0 N–H and O–H groups in total. The van der Waals surface area contributed by atoms with Gasteiger partial charge in [0.1, 0.15) is 0 Å². The fourth-order valence-electron chi connectivity index (χ4n) is 4.02. The Labute approximate surface area is 236 Å². The van der Waals surface area contributed by atoms with Gasteiger partial charge in [-0.05, 0) is 51.9 Å². The fraction of sp³-hybridized carbons (Fsp3) is 0.960. The molecule has 2 aliphatic rings. The summed E-state index contributed by atoms with van der Waals surface area (Å²) >= 11 is 0. The molecule has 0 saturated heterocycles. The Hall–Kier alpha value is 0.467. The molecule has 9 heteroatoms. The average molecular weight is 590 g/mol. The Morgan fingerprint density at radius 1 is 0.676 bits per heavy atom. The monoisotopic (exact) mass is 588 g/mol. The van der Waals surface area contributed by atoms with Crippen molar-refractivity contribution in [3.05, 3.63) is 20.6 Å². The molecule has 0 heterocycles. The zero-order chi connectivity index (χ0) is 25.9. The molecule has 0 spiro atoms. The second-order valence-electron chi connectivity index (χ2n) is 11.4. The van der Waals surface area contributed by atoms with E-state index in [9.17, 15) is 0 Å². The maximum Gasteiger partial charge on any atom is 4.00 e. The van der Waals surface area contributed by atoms with Gasteiger partial charge in [-0.25, -0.2) is 0 Å². The maximum absolute atomic E-state index is 4.91. The van der Waals surface area contributed by atoms with Gasteiger partial charge in [0.2, 0.25) is 0 Å². The number of hydrogen-bond donors (Lipinski definition) is 0. The minimum absolute atomic E-state index is 0. The van der Waals surface area contributed by atoms with E-state index in [1.54, 1.807) is 28.2 Å². The van der Waals surface area contributed by atoms with Crippen LogP contribution < -0.4 is 0 Å². The molecular weight excluding hydrogens is 532 g/mol. The summed E-state index contributed by atoms with van der Waals surface area (Å²) in [6.45, 7) is 13.8. The van der Waals surface area contributed by atoms with Crippen molar-refractivity contribution in [2.45, 2.75) is 116 Å². The van der Waals surface area contributed by atoms with Crippen LogP contribution in [0, 0.1) is 0 Å². The molecular formula is C25H58N6Si2Zr. The zero-order valence-corrected chi connectivity index (χ0v) is 29.4. The molecule has 0 amide bonds. The Morgan fingerprint density at radius 2 is 1.03 bits per heavy atom. The van der Waals surface area contributed by atoms with Gasteiger partial charge in [0.05, 0.1) is 0 Å². The van der Waals surface area contributed by atoms with Crippen LogP contribution in [-0.2, 0) is 26.2 Å². The van der Waals surface area contributed by atoms with Crippen LogP contribution in [0.1, 0.15) is 64.2 Å². The van der Waals surface area contributed by atoms with Crippen LogP contribution in [0.4, 0.5) is 0 Å². The molecule has 0 radical (unpaired) electrons. The third kappa shape index (κ3) is 27.1. The van der Waals surface area contributed by atoms with Crippen molar-refractivity contribution in [3.63, 3.8) is 0 Å². The molecule has 0 atom stereocenters. The van der Waals surface area contributed by atoms with Crippen molar-refractivity contribution < 1.29 is 26.2 Å². The van der Waals surface area contributed by atoms with Gasteiger partial charge in [-0.15, -0.1) is 0 Å². The van der Waals surface area contributed by atoms with E-state index in [2.05, 4.69) is 68.9 Å². The van der Waals surface area contributed by atoms with Gasteiger partial charge in [0.25, 0.3) is 0 Å². The van der Waals surface area contributed by atoms with Crippen molar-refractivity contribution in [1.29, 1.82) is 0 Å². The molecule has 0 aromatic heterocycles.